The van der Waals surface area contributed by atoms with Gasteiger partial charge in [-0.3, -0.25) is 9.59 Å². The van der Waals surface area contributed by atoms with Gasteiger partial charge < -0.3 is 10.4 Å². The van der Waals surface area contributed by atoms with E-state index >= 15 is 0 Å². The number of hydrogen-bond acceptors (Lipinski definition) is 3. The van der Waals surface area contributed by atoms with Gasteiger partial charge in [0, 0.05) is 12.5 Å². The molecule has 56 valence electrons. The quantitative estimate of drug-likeness (QED) is 0.541. The second-order valence-corrected chi connectivity index (χ2v) is 2.42. The lowest BCUT2D eigenvalue weighted by molar-refractivity contribution is -0.137. The number of ketones is 1. The number of Topliss-reactive ketones (excluding diaryl/α,β-unsaturated/α-hetero) is 1. The molecule has 0 aromatic carbocycles. The molecule has 0 aliphatic carbocycles. The third-order valence-electron chi connectivity index (χ3n) is 1.48. The number of aliphatic carboxylic acids is 1. The first-order chi connectivity index (χ1) is 4.68. The van der Waals surface area contributed by atoms with Crippen molar-refractivity contribution in [3.05, 3.63) is 0 Å². The summed E-state index contributed by atoms with van der Waals surface area (Å²) in [6, 6.07) is -0.134. The molecule has 1 heterocycles. The smallest absolute Gasteiger partial charge is 0.304 e. The van der Waals surface area contributed by atoms with Crippen LogP contribution in [0.2, 0.25) is 0 Å². The lowest BCUT2D eigenvalue weighted by atomic mass is 10.1. The second-order valence-electron chi connectivity index (χ2n) is 2.42. The molecule has 1 rings (SSSR count). The number of carboxylic acid groups (broad SMARTS) is 1. The van der Waals surface area contributed by atoms with Gasteiger partial charge in [-0.1, -0.05) is 0 Å². The Hall–Kier alpha value is -0.900. The minimum absolute atomic E-state index is 0.0474. The molecule has 1 saturated heterocycles. The van der Waals surface area contributed by atoms with Gasteiger partial charge in [0.2, 0.25) is 0 Å². The highest BCUT2D eigenvalue weighted by molar-refractivity contribution is 5.84. The SMILES string of the molecule is O=C(O)CC1CC(=O)CN1. The standard InChI is InChI=1S/C6H9NO3/c8-5-1-4(7-3-5)2-6(9)10/h4,7H,1-3H2,(H,9,10). The van der Waals surface area contributed by atoms with Crippen LogP contribution in [0, 0.1) is 0 Å². The maximum Gasteiger partial charge on any atom is 0.304 e. The van der Waals surface area contributed by atoms with Crippen LogP contribution in [0.5, 0.6) is 0 Å². The average molecular weight is 143 g/mol. The Morgan fingerprint density at radius 2 is 2.50 bits per heavy atom. The van der Waals surface area contributed by atoms with E-state index in [1.54, 1.807) is 0 Å². The van der Waals surface area contributed by atoms with Gasteiger partial charge in [-0.2, -0.15) is 0 Å². The molecule has 0 saturated carbocycles. The van der Waals surface area contributed by atoms with E-state index in [1.165, 1.54) is 0 Å². The zero-order valence-electron chi connectivity index (χ0n) is 5.46. The van der Waals surface area contributed by atoms with E-state index in [0.29, 0.717) is 13.0 Å². The van der Waals surface area contributed by atoms with Crippen molar-refractivity contribution in [3.8, 4) is 0 Å². The lowest BCUT2D eigenvalue weighted by Gasteiger charge is -2.02. The maximum absolute atomic E-state index is 10.6. The summed E-state index contributed by atoms with van der Waals surface area (Å²) in [6.07, 6.45) is 0.415. The molecule has 1 atom stereocenters. The van der Waals surface area contributed by atoms with Crippen molar-refractivity contribution in [2.45, 2.75) is 18.9 Å². The summed E-state index contributed by atoms with van der Waals surface area (Å²) < 4.78 is 0. The Kier molecular flexibility index (Phi) is 2.01. The van der Waals surface area contributed by atoms with Gasteiger partial charge in [-0.25, -0.2) is 0 Å². The molecular weight excluding hydrogens is 134 g/mol. The third kappa shape index (κ3) is 1.80. The highest BCUT2D eigenvalue weighted by atomic mass is 16.4. The Morgan fingerprint density at radius 3 is 2.90 bits per heavy atom. The first-order valence-corrected chi connectivity index (χ1v) is 3.15. The van der Waals surface area contributed by atoms with Gasteiger partial charge in [0.1, 0.15) is 5.78 Å². The van der Waals surface area contributed by atoms with E-state index in [0.717, 1.165) is 0 Å². The predicted octanol–water partition coefficient (Wildman–Crippen LogP) is -0.608. The Balaban J connectivity index is 2.31. The van der Waals surface area contributed by atoms with Crippen LogP contribution >= 0.6 is 0 Å². The largest absolute Gasteiger partial charge is 0.481 e. The number of hydrogen-bond donors (Lipinski definition) is 2. The second kappa shape index (κ2) is 2.79. The molecule has 0 aromatic heterocycles. The number of rotatable bonds is 2. The van der Waals surface area contributed by atoms with Gasteiger partial charge in [0.05, 0.1) is 13.0 Å². The summed E-state index contributed by atoms with van der Waals surface area (Å²) in [4.78, 5) is 20.7. The van der Waals surface area contributed by atoms with E-state index in [1.807, 2.05) is 0 Å². The highest BCUT2D eigenvalue weighted by Gasteiger charge is 2.22. The van der Waals surface area contributed by atoms with E-state index in [2.05, 4.69) is 5.32 Å². The van der Waals surface area contributed by atoms with Gasteiger partial charge in [0.25, 0.3) is 0 Å². The Morgan fingerprint density at radius 1 is 1.80 bits per heavy atom. The first kappa shape index (κ1) is 7.21. The zero-order valence-corrected chi connectivity index (χ0v) is 5.46. The third-order valence-corrected chi connectivity index (χ3v) is 1.48. The van der Waals surface area contributed by atoms with Crippen LogP contribution in [0.4, 0.5) is 0 Å². The summed E-state index contributed by atoms with van der Waals surface area (Å²) >= 11 is 0. The summed E-state index contributed by atoms with van der Waals surface area (Å²) in [6.45, 7) is 0.331. The van der Waals surface area contributed by atoms with Crippen LogP contribution in [-0.2, 0) is 9.59 Å². The van der Waals surface area contributed by atoms with Gasteiger partial charge >= 0.3 is 5.97 Å². The van der Waals surface area contributed by atoms with Crippen molar-refractivity contribution < 1.29 is 14.7 Å². The fourth-order valence-corrected chi connectivity index (χ4v) is 1.03. The number of carboxylic acids is 1. The molecule has 2 N–H and O–H groups in total. The molecule has 10 heavy (non-hydrogen) atoms. The minimum atomic E-state index is -0.854. The fourth-order valence-electron chi connectivity index (χ4n) is 1.03. The van der Waals surface area contributed by atoms with Gasteiger partial charge in [-0.15, -0.1) is 0 Å². The molecular formula is C6H9NO3. The van der Waals surface area contributed by atoms with E-state index in [9.17, 15) is 9.59 Å². The van der Waals surface area contributed by atoms with Gasteiger partial charge in [-0.05, 0) is 0 Å². The molecule has 0 spiro atoms. The molecule has 1 aliphatic heterocycles. The molecule has 0 bridgehead atoms. The first-order valence-electron chi connectivity index (χ1n) is 3.15. The summed E-state index contributed by atoms with van der Waals surface area (Å²) in [5.74, 6) is -0.751. The van der Waals surface area contributed by atoms with Crippen LogP contribution in [0.3, 0.4) is 0 Å². The predicted molar refractivity (Wildman–Crippen MR) is 33.7 cm³/mol. The van der Waals surface area contributed by atoms with Crippen LogP contribution in [-0.4, -0.2) is 29.4 Å². The van der Waals surface area contributed by atoms with Crippen molar-refractivity contribution in [2.24, 2.45) is 0 Å². The van der Waals surface area contributed by atoms with Crippen LogP contribution in [0.1, 0.15) is 12.8 Å². The van der Waals surface area contributed by atoms with E-state index in [4.69, 9.17) is 5.11 Å². The fraction of sp³-hybridized carbons (Fsp3) is 0.667. The molecule has 1 unspecified atom stereocenters. The molecule has 0 amide bonds. The Bertz CT molecular complexity index is 166. The lowest BCUT2D eigenvalue weighted by Crippen LogP contribution is -2.24. The summed E-state index contributed by atoms with van der Waals surface area (Å²) in [5.41, 5.74) is 0. The van der Waals surface area contributed by atoms with Crippen LogP contribution in [0.15, 0.2) is 0 Å². The van der Waals surface area contributed by atoms with Crippen molar-refractivity contribution >= 4 is 11.8 Å². The normalized spacial score (nSPS) is 25.2. The number of nitrogens with one attached hydrogen (secondary N) is 1. The highest BCUT2D eigenvalue weighted by Crippen LogP contribution is 2.04. The Labute approximate surface area is 58.2 Å². The molecule has 1 aliphatic rings. The molecule has 4 nitrogen and oxygen atoms in total. The topological polar surface area (TPSA) is 66.4 Å². The van der Waals surface area contributed by atoms with Crippen LogP contribution < -0.4 is 5.32 Å². The molecule has 0 radical (unpaired) electrons. The van der Waals surface area contributed by atoms with Crippen molar-refractivity contribution in [1.29, 1.82) is 0 Å². The maximum atomic E-state index is 10.6. The summed E-state index contributed by atoms with van der Waals surface area (Å²) in [7, 11) is 0. The monoisotopic (exact) mass is 143 g/mol. The van der Waals surface area contributed by atoms with Crippen LogP contribution in [0.25, 0.3) is 0 Å². The molecule has 1 fully saturated rings. The van der Waals surface area contributed by atoms with Crippen molar-refractivity contribution in [3.63, 3.8) is 0 Å². The summed E-state index contributed by atoms with van der Waals surface area (Å²) in [5, 5.41) is 11.1. The van der Waals surface area contributed by atoms with Crippen molar-refractivity contribution in [2.75, 3.05) is 6.54 Å². The van der Waals surface area contributed by atoms with E-state index < -0.39 is 5.97 Å². The van der Waals surface area contributed by atoms with Gasteiger partial charge in [0.15, 0.2) is 0 Å². The number of carbonyl (C=O) groups is 2. The molecule has 4 heteroatoms. The van der Waals surface area contributed by atoms with E-state index in [-0.39, 0.29) is 18.2 Å². The number of carbonyl (C=O) groups excluding carboxylic acids is 1. The zero-order chi connectivity index (χ0) is 7.56. The average Bonchev–Trinajstić information content (AvgIpc) is 2.13. The molecule has 0 aromatic rings. The minimum Gasteiger partial charge on any atom is -0.481 e. The van der Waals surface area contributed by atoms with Crippen molar-refractivity contribution in [1.82, 2.24) is 5.32 Å².